The molecule has 400 valence electrons. The van der Waals surface area contributed by atoms with Gasteiger partial charge in [0.1, 0.15) is 6.61 Å². The Bertz CT molecular complexity index is 1380. The van der Waals surface area contributed by atoms with E-state index in [1.165, 1.54) is 141 Å². The number of ether oxygens (including phenoxy) is 3. The molecule has 0 aromatic rings. The lowest BCUT2D eigenvalue weighted by molar-refractivity contribution is -0.162. The second-order valence-electron chi connectivity index (χ2n) is 19.2. The molecule has 0 saturated carbocycles. The van der Waals surface area contributed by atoms with E-state index in [1.54, 1.807) is 0 Å². The van der Waals surface area contributed by atoms with Crippen LogP contribution < -0.4 is 0 Å². The Labute approximate surface area is 434 Å². The Morgan fingerprint density at radius 3 is 1.13 bits per heavy atom. The maximum absolute atomic E-state index is 12.9. The minimum absolute atomic E-state index is 0.0360. The quantitative estimate of drug-likeness (QED) is 0.0345. The predicted molar refractivity (Wildman–Crippen MR) is 306 cm³/mol. The van der Waals surface area contributed by atoms with Crippen molar-refractivity contribution in [2.75, 3.05) is 19.8 Å². The molecule has 0 aliphatic heterocycles. The molecule has 70 heavy (non-hydrogen) atoms. The van der Waals surface area contributed by atoms with Crippen LogP contribution in [0.1, 0.15) is 265 Å². The Balaban J connectivity index is 4.40. The number of hydrogen-bond acceptors (Lipinski definition) is 5. The first-order valence-electron chi connectivity index (χ1n) is 29.4. The molecule has 1 atom stereocenters. The second-order valence-corrected chi connectivity index (χ2v) is 19.2. The van der Waals surface area contributed by atoms with Gasteiger partial charge >= 0.3 is 11.9 Å². The summed E-state index contributed by atoms with van der Waals surface area (Å²) in [6.07, 6.45) is 82.7. The molecule has 0 spiro atoms. The minimum Gasteiger partial charge on any atom is -0.462 e. The Morgan fingerprint density at radius 1 is 0.329 bits per heavy atom. The third kappa shape index (κ3) is 57.1. The summed E-state index contributed by atoms with van der Waals surface area (Å²) in [6, 6.07) is 0. The molecule has 0 fully saturated rings. The Hall–Kier alpha value is -3.44. The lowest BCUT2D eigenvalue weighted by Crippen LogP contribution is -2.30. The molecule has 0 N–H and O–H groups in total. The summed E-state index contributed by atoms with van der Waals surface area (Å²) in [5.41, 5.74) is 0. The van der Waals surface area contributed by atoms with E-state index < -0.39 is 6.10 Å². The fourth-order valence-corrected chi connectivity index (χ4v) is 7.91. The molecule has 0 aliphatic carbocycles. The third-order valence-corrected chi connectivity index (χ3v) is 12.3. The van der Waals surface area contributed by atoms with Gasteiger partial charge in [-0.25, -0.2) is 0 Å². The van der Waals surface area contributed by atoms with Crippen molar-refractivity contribution in [2.45, 2.75) is 271 Å². The van der Waals surface area contributed by atoms with Crippen molar-refractivity contribution in [3.05, 3.63) is 109 Å². The molecule has 0 amide bonds. The molecule has 0 heterocycles. The molecule has 0 aromatic heterocycles. The van der Waals surface area contributed by atoms with E-state index in [-0.39, 0.29) is 25.2 Å². The van der Waals surface area contributed by atoms with Gasteiger partial charge in [0.2, 0.25) is 0 Å². The van der Waals surface area contributed by atoms with Crippen LogP contribution in [0.2, 0.25) is 0 Å². The van der Waals surface area contributed by atoms with Crippen LogP contribution in [-0.4, -0.2) is 37.9 Å². The summed E-state index contributed by atoms with van der Waals surface area (Å²) >= 11 is 0. The van der Waals surface area contributed by atoms with Crippen LogP contribution in [0.3, 0.4) is 0 Å². The second kappa shape index (κ2) is 59.9. The molecule has 0 radical (unpaired) electrons. The summed E-state index contributed by atoms with van der Waals surface area (Å²) < 4.78 is 17.4. The fourth-order valence-electron chi connectivity index (χ4n) is 7.91. The topological polar surface area (TPSA) is 61.8 Å². The highest BCUT2D eigenvalue weighted by atomic mass is 16.6. The number of esters is 2. The highest BCUT2D eigenvalue weighted by molar-refractivity contribution is 5.70. The van der Waals surface area contributed by atoms with Crippen molar-refractivity contribution in [2.24, 2.45) is 0 Å². The SMILES string of the molecule is CC/C=C\C/C=C\C/C=C\C/C=C\C/C=C\C/C=C\CCC(=O)OCC(COCCCCCCCCCCCC/C=C\C/C=C\CCCCC)OC(=O)CCCCCCC/C=C\CCCCCCCC. The molecule has 1 unspecified atom stereocenters. The van der Waals surface area contributed by atoms with Gasteiger partial charge in [-0.05, 0) is 116 Å². The van der Waals surface area contributed by atoms with E-state index in [0.29, 0.717) is 25.9 Å². The first-order valence-corrected chi connectivity index (χ1v) is 29.4. The summed E-state index contributed by atoms with van der Waals surface area (Å²) in [5, 5.41) is 0. The first-order chi connectivity index (χ1) is 34.6. The molecule has 0 saturated heterocycles. The van der Waals surface area contributed by atoms with Gasteiger partial charge in [0.05, 0.1) is 6.61 Å². The van der Waals surface area contributed by atoms with E-state index in [0.717, 1.165) is 83.5 Å². The molecular formula is C65H110O5. The van der Waals surface area contributed by atoms with Crippen molar-refractivity contribution in [1.82, 2.24) is 0 Å². The van der Waals surface area contributed by atoms with Gasteiger partial charge in [-0.15, -0.1) is 0 Å². The van der Waals surface area contributed by atoms with Crippen molar-refractivity contribution < 1.29 is 23.8 Å². The van der Waals surface area contributed by atoms with E-state index in [4.69, 9.17) is 14.2 Å². The number of carbonyl (C=O) groups excluding carboxylic acids is 2. The standard InChI is InChI=1S/C65H110O5/c1-4-7-10-13-16-19-22-25-28-30-32-34-36-39-42-45-48-51-54-57-60-68-61-63(70-65(67)59-56-53-50-47-44-41-37-27-24-21-18-15-12-9-6-3)62-69-64(66)58-55-52-49-46-43-40-38-35-33-31-29-26-23-20-17-14-11-8-5-2/h8,11,16-17,19-20,25-29,33,35,37,40,43,49,52,63H,4-7,9-10,12-15,18,21-24,30-32,34,36,38-39,41-42,44-48,50-51,53-62H2,1-3H3/b11-8-,19-16-,20-17-,28-25-,29-26-,35-33-,37-27-,43-40-,52-49-. The van der Waals surface area contributed by atoms with Crippen molar-refractivity contribution in [1.29, 1.82) is 0 Å². The van der Waals surface area contributed by atoms with E-state index in [1.807, 2.05) is 6.08 Å². The molecular weight excluding hydrogens is 861 g/mol. The highest BCUT2D eigenvalue weighted by Gasteiger charge is 2.17. The van der Waals surface area contributed by atoms with Crippen molar-refractivity contribution in [3.8, 4) is 0 Å². The van der Waals surface area contributed by atoms with Crippen LogP contribution in [0, 0.1) is 0 Å². The number of allylic oxidation sites excluding steroid dienone is 18. The van der Waals surface area contributed by atoms with Crippen LogP contribution in [0.25, 0.3) is 0 Å². The lowest BCUT2D eigenvalue weighted by atomic mass is 10.1. The largest absolute Gasteiger partial charge is 0.462 e. The Morgan fingerprint density at radius 2 is 0.671 bits per heavy atom. The van der Waals surface area contributed by atoms with Gasteiger partial charge in [0.15, 0.2) is 6.10 Å². The van der Waals surface area contributed by atoms with Crippen LogP contribution >= 0.6 is 0 Å². The lowest BCUT2D eigenvalue weighted by Gasteiger charge is -2.18. The van der Waals surface area contributed by atoms with E-state index in [2.05, 4.69) is 124 Å². The van der Waals surface area contributed by atoms with Crippen LogP contribution in [0.15, 0.2) is 109 Å². The van der Waals surface area contributed by atoms with Gasteiger partial charge in [0, 0.05) is 19.4 Å². The van der Waals surface area contributed by atoms with Gasteiger partial charge < -0.3 is 14.2 Å². The normalized spacial score (nSPS) is 13.0. The molecule has 0 aliphatic rings. The van der Waals surface area contributed by atoms with Crippen LogP contribution in [0.5, 0.6) is 0 Å². The molecule has 5 heteroatoms. The molecule has 0 rings (SSSR count). The number of rotatable bonds is 53. The number of unbranched alkanes of at least 4 members (excludes halogenated alkanes) is 24. The van der Waals surface area contributed by atoms with Gasteiger partial charge in [-0.1, -0.05) is 246 Å². The minimum atomic E-state index is -0.580. The summed E-state index contributed by atoms with van der Waals surface area (Å²) in [5.74, 6) is -0.504. The molecule has 0 aromatic carbocycles. The van der Waals surface area contributed by atoms with Crippen LogP contribution in [0.4, 0.5) is 0 Å². The maximum Gasteiger partial charge on any atom is 0.306 e. The summed E-state index contributed by atoms with van der Waals surface area (Å²) in [7, 11) is 0. The Kier molecular flexibility index (Phi) is 56.9. The monoisotopic (exact) mass is 971 g/mol. The third-order valence-electron chi connectivity index (χ3n) is 12.3. The smallest absolute Gasteiger partial charge is 0.306 e. The molecule has 5 nitrogen and oxygen atoms in total. The number of hydrogen-bond donors (Lipinski definition) is 0. The molecule has 0 bridgehead atoms. The fraction of sp³-hybridized carbons (Fsp3) is 0.692. The van der Waals surface area contributed by atoms with Crippen molar-refractivity contribution >= 4 is 11.9 Å². The maximum atomic E-state index is 12.9. The number of carbonyl (C=O) groups is 2. The van der Waals surface area contributed by atoms with E-state index in [9.17, 15) is 9.59 Å². The van der Waals surface area contributed by atoms with Crippen LogP contribution in [-0.2, 0) is 23.8 Å². The van der Waals surface area contributed by atoms with Gasteiger partial charge in [0.25, 0.3) is 0 Å². The van der Waals surface area contributed by atoms with Gasteiger partial charge in [-0.3, -0.25) is 9.59 Å². The average molecular weight is 972 g/mol. The zero-order valence-corrected chi connectivity index (χ0v) is 46.0. The zero-order valence-electron chi connectivity index (χ0n) is 46.0. The predicted octanol–water partition coefficient (Wildman–Crippen LogP) is 20.3. The van der Waals surface area contributed by atoms with E-state index >= 15 is 0 Å². The zero-order chi connectivity index (χ0) is 50.6. The van der Waals surface area contributed by atoms with Gasteiger partial charge in [-0.2, -0.15) is 0 Å². The average Bonchev–Trinajstić information content (AvgIpc) is 3.36. The van der Waals surface area contributed by atoms with Crippen molar-refractivity contribution in [3.63, 3.8) is 0 Å². The summed E-state index contributed by atoms with van der Waals surface area (Å²) in [6.45, 7) is 7.60. The summed E-state index contributed by atoms with van der Waals surface area (Å²) in [4.78, 5) is 25.5. The highest BCUT2D eigenvalue weighted by Crippen LogP contribution is 2.14. The first kappa shape index (κ1) is 66.6.